The van der Waals surface area contributed by atoms with Crippen molar-refractivity contribution in [3.05, 3.63) is 32.8 Å². The first-order chi connectivity index (χ1) is 10.0. The molecule has 1 aromatic carbocycles. The third-order valence-electron chi connectivity index (χ3n) is 3.17. The maximum absolute atomic E-state index is 12.5. The molecule has 0 spiro atoms. The van der Waals surface area contributed by atoms with Gasteiger partial charge in [-0.3, -0.25) is 20.8 Å². The standard InChI is InChI=1S/C12H15ClN4O3S/c13-9-6-8(7-10(17(19)20)11(9)15-14)12(18)16-2-1-4-21-5-3-16/h6-7,15H,1-5,14H2. The highest BCUT2D eigenvalue weighted by Crippen LogP contribution is 2.33. The maximum Gasteiger partial charge on any atom is 0.295 e. The Morgan fingerprint density at radius 1 is 1.43 bits per heavy atom. The Balaban J connectivity index is 2.34. The van der Waals surface area contributed by atoms with Crippen molar-refractivity contribution in [1.82, 2.24) is 4.90 Å². The fourth-order valence-corrected chi connectivity index (χ4v) is 3.29. The lowest BCUT2D eigenvalue weighted by molar-refractivity contribution is -0.384. The first-order valence-corrected chi connectivity index (χ1v) is 7.89. The normalized spacial score (nSPS) is 15.4. The molecule has 0 aromatic heterocycles. The van der Waals surface area contributed by atoms with Crippen molar-refractivity contribution in [1.29, 1.82) is 0 Å². The van der Waals surface area contributed by atoms with Crippen molar-refractivity contribution in [2.24, 2.45) is 5.84 Å². The summed E-state index contributed by atoms with van der Waals surface area (Å²) in [4.78, 5) is 24.6. The molecule has 1 aliphatic heterocycles. The molecule has 1 aliphatic rings. The maximum atomic E-state index is 12.5. The number of amides is 1. The zero-order valence-electron chi connectivity index (χ0n) is 11.2. The number of rotatable bonds is 3. The molecule has 1 fully saturated rings. The molecule has 0 radical (unpaired) electrons. The minimum absolute atomic E-state index is 0.00430. The molecule has 7 nitrogen and oxygen atoms in total. The van der Waals surface area contributed by atoms with E-state index in [2.05, 4.69) is 5.43 Å². The van der Waals surface area contributed by atoms with Gasteiger partial charge in [0.2, 0.25) is 0 Å². The van der Waals surface area contributed by atoms with Crippen LogP contribution in [0.3, 0.4) is 0 Å². The molecule has 1 aromatic rings. The van der Waals surface area contributed by atoms with Gasteiger partial charge < -0.3 is 10.3 Å². The molecule has 0 aliphatic carbocycles. The Kier molecular flexibility index (Phi) is 5.27. The van der Waals surface area contributed by atoms with Gasteiger partial charge >= 0.3 is 0 Å². The second-order valence-corrected chi connectivity index (χ2v) is 6.14. The van der Waals surface area contributed by atoms with Crippen molar-refractivity contribution < 1.29 is 9.72 Å². The smallest absolute Gasteiger partial charge is 0.295 e. The number of benzene rings is 1. The number of carbonyl (C=O) groups is 1. The van der Waals surface area contributed by atoms with E-state index in [0.29, 0.717) is 13.1 Å². The van der Waals surface area contributed by atoms with Crippen LogP contribution in [0.5, 0.6) is 0 Å². The second-order valence-electron chi connectivity index (χ2n) is 4.51. The van der Waals surface area contributed by atoms with Gasteiger partial charge in [-0.2, -0.15) is 11.8 Å². The Morgan fingerprint density at radius 2 is 2.19 bits per heavy atom. The summed E-state index contributed by atoms with van der Waals surface area (Å²) in [5.41, 5.74) is 2.10. The highest BCUT2D eigenvalue weighted by Gasteiger charge is 2.24. The van der Waals surface area contributed by atoms with Crippen molar-refractivity contribution in [2.45, 2.75) is 6.42 Å². The van der Waals surface area contributed by atoms with E-state index in [0.717, 1.165) is 17.9 Å². The number of anilines is 1. The van der Waals surface area contributed by atoms with E-state index in [-0.39, 0.29) is 27.9 Å². The highest BCUT2D eigenvalue weighted by atomic mass is 35.5. The summed E-state index contributed by atoms with van der Waals surface area (Å²) in [5, 5.41) is 11.1. The van der Waals surface area contributed by atoms with E-state index in [1.54, 1.807) is 16.7 Å². The third kappa shape index (κ3) is 3.58. The van der Waals surface area contributed by atoms with Crippen molar-refractivity contribution >= 4 is 40.6 Å². The number of hydrogen-bond donors (Lipinski definition) is 2. The predicted octanol–water partition coefficient (Wildman–Crippen LogP) is 2.11. The molecule has 1 amide bonds. The van der Waals surface area contributed by atoms with E-state index in [9.17, 15) is 14.9 Å². The van der Waals surface area contributed by atoms with Crippen LogP contribution in [0, 0.1) is 10.1 Å². The number of nitrogens with one attached hydrogen (secondary N) is 1. The van der Waals surface area contributed by atoms with Crippen LogP contribution in [0.25, 0.3) is 0 Å². The number of nitro benzene ring substituents is 1. The Labute approximate surface area is 130 Å². The topological polar surface area (TPSA) is 102 Å². The monoisotopic (exact) mass is 330 g/mol. The predicted molar refractivity (Wildman–Crippen MR) is 83.8 cm³/mol. The number of hydrazine groups is 1. The zero-order chi connectivity index (χ0) is 15.4. The summed E-state index contributed by atoms with van der Waals surface area (Å²) in [6.45, 7) is 1.28. The molecule has 0 atom stereocenters. The van der Waals surface area contributed by atoms with Gasteiger partial charge in [0.25, 0.3) is 11.6 Å². The number of halogens is 1. The van der Waals surface area contributed by atoms with Gasteiger partial charge in [0, 0.05) is 30.5 Å². The van der Waals surface area contributed by atoms with Gasteiger partial charge in [0.15, 0.2) is 0 Å². The molecular formula is C12H15ClN4O3S. The lowest BCUT2D eigenvalue weighted by Gasteiger charge is -2.20. The number of carbonyl (C=O) groups excluding carboxylic acids is 1. The molecule has 1 heterocycles. The minimum atomic E-state index is -0.615. The lowest BCUT2D eigenvalue weighted by atomic mass is 10.1. The highest BCUT2D eigenvalue weighted by molar-refractivity contribution is 7.99. The van der Waals surface area contributed by atoms with Crippen LogP contribution in [-0.2, 0) is 0 Å². The van der Waals surface area contributed by atoms with Gasteiger partial charge in [-0.05, 0) is 18.2 Å². The molecule has 1 saturated heterocycles. The Morgan fingerprint density at radius 3 is 2.86 bits per heavy atom. The Bertz CT molecular complexity index is 562. The first-order valence-electron chi connectivity index (χ1n) is 6.36. The molecule has 114 valence electrons. The van der Waals surface area contributed by atoms with Crippen LogP contribution >= 0.6 is 23.4 Å². The quantitative estimate of drug-likeness (QED) is 0.500. The number of nitrogens with zero attached hydrogens (tertiary/aromatic N) is 2. The van der Waals surface area contributed by atoms with Gasteiger partial charge in [-0.1, -0.05) is 11.6 Å². The van der Waals surface area contributed by atoms with Crippen LogP contribution in [0.4, 0.5) is 11.4 Å². The van der Waals surface area contributed by atoms with Gasteiger partial charge in [-0.25, -0.2) is 0 Å². The average molecular weight is 331 g/mol. The number of nitro groups is 1. The second kappa shape index (κ2) is 6.97. The number of thioether (sulfide) groups is 1. The summed E-state index contributed by atoms with van der Waals surface area (Å²) < 4.78 is 0. The average Bonchev–Trinajstić information content (AvgIpc) is 2.74. The van der Waals surface area contributed by atoms with E-state index in [1.165, 1.54) is 12.1 Å². The van der Waals surface area contributed by atoms with Crippen LogP contribution in [0.15, 0.2) is 12.1 Å². The number of hydrogen-bond acceptors (Lipinski definition) is 6. The van der Waals surface area contributed by atoms with E-state index < -0.39 is 4.92 Å². The molecule has 3 N–H and O–H groups in total. The fraction of sp³-hybridized carbons (Fsp3) is 0.417. The van der Waals surface area contributed by atoms with Crippen LogP contribution in [0.1, 0.15) is 16.8 Å². The van der Waals surface area contributed by atoms with Crippen LogP contribution < -0.4 is 11.3 Å². The summed E-state index contributed by atoms with van der Waals surface area (Å²) in [6.07, 6.45) is 0.911. The molecule has 0 saturated carbocycles. The van der Waals surface area contributed by atoms with E-state index in [1.807, 2.05) is 0 Å². The summed E-state index contributed by atoms with van der Waals surface area (Å²) >= 11 is 7.77. The fourth-order valence-electron chi connectivity index (χ4n) is 2.13. The van der Waals surface area contributed by atoms with Crippen LogP contribution in [-0.4, -0.2) is 40.3 Å². The Hall–Kier alpha value is -1.51. The van der Waals surface area contributed by atoms with Crippen LogP contribution in [0.2, 0.25) is 5.02 Å². The first kappa shape index (κ1) is 15.9. The molecule has 2 rings (SSSR count). The SMILES string of the molecule is NNc1c(Cl)cc(C(=O)N2CCCSCC2)cc1[N+](=O)[O-]. The number of nitrogen functional groups attached to an aromatic ring is 1. The van der Waals surface area contributed by atoms with Crippen molar-refractivity contribution in [3.8, 4) is 0 Å². The molecular weight excluding hydrogens is 316 g/mol. The van der Waals surface area contributed by atoms with E-state index in [4.69, 9.17) is 17.4 Å². The molecule has 0 bridgehead atoms. The lowest BCUT2D eigenvalue weighted by Crippen LogP contribution is -2.33. The summed E-state index contributed by atoms with van der Waals surface area (Å²) in [6, 6.07) is 2.62. The summed E-state index contributed by atoms with van der Waals surface area (Å²) in [5.74, 6) is 6.88. The molecule has 0 unspecified atom stereocenters. The van der Waals surface area contributed by atoms with Gasteiger partial charge in [0.05, 0.1) is 9.95 Å². The van der Waals surface area contributed by atoms with Crippen molar-refractivity contribution in [2.75, 3.05) is 30.0 Å². The largest absolute Gasteiger partial charge is 0.338 e. The summed E-state index contributed by atoms with van der Waals surface area (Å²) in [7, 11) is 0. The third-order valence-corrected chi connectivity index (χ3v) is 4.51. The minimum Gasteiger partial charge on any atom is -0.338 e. The van der Waals surface area contributed by atoms with Crippen molar-refractivity contribution in [3.63, 3.8) is 0 Å². The van der Waals surface area contributed by atoms with Gasteiger partial charge in [-0.15, -0.1) is 0 Å². The van der Waals surface area contributed by atoms with Gasteiger partial charge in [0.1, 0.15) is 5.69 Å². The van der Waals surface area contributed by atoms with E-state index >= 15 is 0 Å². The molecule has 21 heavy (non-hydrogen) atoms. The zero-order valence-corrected chi connectivity index (χ0v) is 12.7. The number of nitrogens with two attached hydrogens (primary N) is 1. The molecule has 9 heteroatoms.